The molecule has 1 aromatic rings. The molecule has 0 atom stereocenters. The van der Waals surface area contributed by atoms with Crippen LogP contribution in [-0.4, -0.2) is 5.78 Å². The number of hydrogen-bond acceptors (Lipinski definition) is 1. The number of carbonyl (C=O) groups excluding carboxylic acids is 1. The molecule has 0 fully saturated rings. The topological polar surface area (TPSA) is 17.1 Å². The zero-order valence-electron chi connectivity index (χ0n) is 9.34. The van der Waals surface area contributed by atoms with Gasteiger partial charge in [-0.3, -0.25) is 4.79 Å². The molecule has 1 heteroatoms. The predicted molar refractivity (Wildman–Crippen MR) is 62.9 cm³/mol. The van der Waals surface area contributed by atoms with Crippen molar-refractivity contribution in [2.24, 2.45) is 0 Å². The number of Topliss-reactive ketones (excluding diaryl/α,β-unsaturated/α-hetero) is 1. The minimum Gasteiger partial charge on any atom is -0.289 e. The van der Waals surface area contributed by atoms with Gasteiger partial charge in [0, 0.05) is 11.1 Å². The van der Waals surface area contributed by atoms with Crippen molar-refractivity contribution in [3.8, 4) is 0 Å². The van der Waals surface area contributed by atoms with E-state index in [1.807, 2.05) is 25.1 Å². The van der Waals surface area contributed by atoms with E-state index in [1.165, 1.54) is 12.0 Å². The van der Waals surface area contributed by atoms with Crippen molar-refractivity contribution < 1.29 is 4.79 Å². The second kappa shape index (κ2) is 4.01. The van der Waals surface area contributed by atoms with E-state index in [0.29, 0.717) is 0 Å². The molecular weight excluding hydrogens is 184 g/mol. The first-order valence-corrected chi connectivity index (χ1v) is 5.59. The van der Waals surface area contributed by atoms with Gasteiger partial charge in [0.05, 0.1) is 0 Å². The van der Waals surface area contributed by atoms with Gasteiger partial charge in [0.25, 0.3) is 0 Å². The van der Waals surface area contributed by atoms with Crippen LogP contribution < -0.4 is 0 Å². The van der Waals surface area contributed by atoms with Crippen LogP contribution in [-0.2, 0) is 0 Å². The summed E-state index contributed by atoms with van der Waals surface area (Å²) in [5.41, 5.74) is 4.26. The Morgan fingerprint density at radius 3 is 2.47 bits per heavy atom. The SMILES string of the molecule is CCCCC1=C(C)C(=O)c2ccccc21. The van der Waals surface area contributed by atoms with E-state index < -0.39 is 0 Å². The smallest absolute Gasteiger partial charge is 0.189 e. The van der Waals surface area contributed by atoms with Crippen molar-refractivity contribution in [1.82, 2.24) is 0 Å². The zero-order chi connectivity index (χ0) is 10.8. The number of benzene rings is 1. The highest BCUT2D eigenvalue weighted by atomic mass is 16.1. The van der Waals surface area contributed by atoms with E-state index in [1.54, 1.807) is 0 Å². The fraction of sp³-hybridized carbons (Fsp3) is 0.357. The summed E-state index contributed by atoms with van der Waals surface area (Å²) >= 11 is 0. The molecule has 15 heavy (non-hydrogen) atoms. The molecule has 0 aliphatic heterocycles. The van der Waals surface area contributed by atoms with Gasteiger partial charge in [-0.05, 0) is 30.9 Å². The summed E-state index contributed by atoms with van der Waals surface area (Å²) in [4.78, 5) is 11.9. The van der Waals surface area contributed by atoms with Crippen LogP contribution in [0.1, 0.15) is 49.0 Å². The number of unbranched alkanes of at least 4 members (excludes halogenated alkanes) is 1. The molecule has 1 aliphatic rings. The summed E-state index contributed by atoms with van der Waals surface area (Å²) in [5, 5.41) is 0. The van der Waals surface area contributed by atoms with E-state index in [-0.39, 0.29) is 5.78 Å². The second-order valence-corrected chi connectivity index (χ2v) is 4.08. The van der Waals surface area contributed by atoms with E-state index in [2.05, 4.69) is 13.0 Å². The quantitative estimate of drug-likeness (QED) is 0.724. The molecule has 0 radical (unpaired) electrons. The molecule has 1 aromatic carbocycles. The zero-order valence-corrected chi connectivity index (χ0v) is 9.34. The lowest BCUT2D eigenvalue weighted by atomic mass is 10.0. The molecular formula is C14H16O. The average molecular weight is 200 g/mol. The highest BCUT2D eigenvalue weighted by molar-refractivity contribution is 6.20. The van der Waals surface area contributed by atoms with Gasteiger partial charge in [-0.2, -0.15) is 0 Å². The Balaban J connectivity index is 2.41. The number of rotatable bonds is 3. The molecule has 0 aromatic heterocycles. The lowest BCUT2D eigenvalue weighted by Gasteiger charge is -2.04. The van der Waals surface area contributed by atoms with E-state index >= 15 is 0 Å². The van der Waals surface area contributed by atoms with Crippen LogP contribution in [0.15, 0.2) is 29.8 Å². The first-order valence-electron chi connectivity index (χ1n) is 5.59. The maximum absolute atomic E-state index is 11.9. The molecule has 0 bridgehead atoms. The molecule has 0 saturated carbocycles. The largest absolute Gasteiger partial charge is 0.289 e. The Kier molecular flexibility index (Phi) is 2.72. The fourth-order valence-electron chi connectivity index (χ4n) is 2.16. The molecule has 1 aliphatic carbocycles. The lowest BCUT2D eigenvalue weighted by Crippen LogP contribution is -1.94. The second-order valence-electron chi connectivity index (χ2n) is 4.08. The first-order chi connectivity index (χ1) is 7.25. The van der Waals surface area contributed by atoms with Crippen LogP contribution in [0.2, 0.25) is 0 Å². The minimum atomic E-state index is 0.219. The van der Waals surface area contributed by atoms with Gasteiger partial charge in [0.2, 0.25) is 0 Å². The molecule has 0 saturated heterocycles. The van der Waals surface area contributed by atoms with Crippen molar-refractivity contribution in [1.29, 1.82) is 0 Å². The number of allylic oxidation sites excluding steroid dienone is 2. The maximum atomic E-state index is 11.9. The van der Waals surface area contributed by atoms with Crippen LogP contribution in [0.3, 0.4) is 0 Å². The van der Waals surface area contributed by atoms with Gasteiger partial charge in [-0.1, -0.05) is 37.6 Å². The number of fused-ring (bicyclic) bond motifs is 1. The van der Waals surface area contributed by atoms with Crippen molar-refractivity contribution in [2.75, 3.05) is 0 Å². The third-order valence-corrected chi connectivity index (χ3v) is 3.07. The van der Waals surface area contributed by atoms with E-state index in [4.69, 9.17) is 0 Å². The Bertz CT molecular complexity index is 427. The van der Waals surface area contributed by atoms with Gasteiger partial charge >= 0.3 is 0 Å². The Labute approximate surface area is 90.8 Å². The molecule has 2 rings (SSSR count). The number of carbonyl (C=O) groups is 1. The summed E-state index contributed by atoms with van der Waals surface area (Å²) < 4.78 is 0. The number of hydrogen-bond donors (Lipinski definition) is 0. The van der Waals surface area contributed by atoms with Crippen molar-refractivity contribution in [2.45, 2.75) is 33.1 Å². The minimum absolute atomic E-state index is 0.219. The maximum Gasteiger partial charge on any atom is 0.189 e. The van der Waals surface area contributed by atoms with E-state index in [0.717, 1.165) is 29.5 Å². The third-order valence-electron chi connectivity index (χ3n) is 3.07. The van der Waals surface area contributed by atoms with E-state index in [9.17, 15) is 4.79 Å². The Hall–Kier alpha value is -1.37. The average Bonchev–Trinajstić information content (AvgIpc) is 2.51. The third kappa shape index (κ3) is 1.63. The van der Waals surface area contributed by atoms with Crippen molar-refractivity contribution in [3.05, 3.63) is 41.0 Å². The normalized spacial score (nSPS) is 14.7. The lowest BCUT2D eigenvalue weighted by molar-refractivity contribution is 0.103. The summed E-state index contributed by atoms with van der Waals surface area (Å²) in [6.45, 7) is 4.13. The molecule has 0 amide bonds. The molecule has 0 spiro atoms. The van der Waals surface area contributed by atoms with Gasteiger partial charge < -0.3 is 0 Å². The fourth-order valence-corrected chi connectivity index (χ4v) is 2.16. The van der Waals surface area contributed by atoms with Crippen molar-refractivity contribution >= 4 is 11.4 Å². The summed E-state index contributed by atoms with van der Waals surface area (Å²) in [5.74, 6) is 0.219. The first kappa shape index (κ1) is 10.2. The van der Waals surface area contributed by atoms with Gasteiger partial charge in [-0.25, -0.2) is 0 Å². The highest BCUT2D eigenvalue weighted by Crippen LogP contribution is 2.35. The monoisotopic (exact) mass is 200 g/mol. The van der Waals surface area contributed by atoms with Crippen molar-refractivity contribution in [3.63, 3.8) is 0 Å². The molecule has 0 N–H and O–H groups in total. The molecule has 0 heterocycles. The predicted octanol–water partition coefficient (Wildman–Crippen LogP) is 3.85. The van der Waals surface area contributed by atoms with Crippen LogP contribution in [0.25, 0.3) is 5.57 Å². The summed E-state index contributed by atoms with van der Waals surface area (Å²) in [6, 6.07) is 7.94. The van der Waals surface area contributed by atoms with Crippen LogP contribution in [0, 0.1) is 0 Å². The Morgan fingerprint density at radius 2 is 1.80 bits per heavy atom. The summed E-state index contributed by atoms with van der Waals surface area (Å²) in [7, 11) is 0. The van der Waals surface area contributed by atoms with Gasteiger partial charge in [-0.15, -0.1) is 0 Å². The molecule has 0 unspecified atom stereocenters. The van der Waals surface area contributed by atoms with Crippen LogP contribution in [0.4, 0.5) is 0 Å². The molecule has 78 valence electrons. The standard InChI is InChI=1S/C14H16O/c1-3-4-7-11-10(2)14(15)13-9-6-5-8-12(11)13/h5-6,8-9H,3-4,7H2,1-2H3. The number of ketones is 1. The van der Waals surface area contributed by atoms with Crippen LogP contribution in [0.5, 0.6) is 0 Å². The Morgan fingerprint density at radius 1 is 1.13 bits per heavy atom. The van der Waals surface area contributed by atoms with Gasteiger partial charge in [0.1, 0.15) is 0 Å². The van der Waals surface area contributed by atoms with Crippen LogP contribution >= 0.6 is 0 Å². The highest BCUT2D eigenvalue weighted by Gasteiger charge is 2.25. The summed E-state index contributed by atoms with van der Waals surface area (Å²) in [6.07, 6.45) is 3.37. The van der Waals surface area contributed by atoms with Gasteiger partial charge in [0.15, 0.2) is 5.78 Å². The molecule has 1 nitrogen and oxygen atoms in total.